The first-order valence-corrected chi connectivity index (χ1v) is 8.66. The number of rotatable bonds is 5. The van der Waals surface area contributed by atoms with E-state index in [1.165, 1.54) is 43.3 Å². The van der Waals surface area contributed by atoms with Gasteiger partial charge in [-0.3, -0.25) is 4.79 Å². The van der Waals surface area contributed by atoms with Crippen LogP contribution in [0.25, 0.3) is 0 Å². The van der Waals surface area contributed by atoms with Crippen molar-refractivity contribution in [3.8, 4) is 0 Å². The Morgan fingerprint density at radius 3 is 2.26 bits per heavy atom. The molecule has 9 heteroatoms. The van der Waals surface area contributed by atoms with Gasteiger partial charge in [-0.25, -0.2) is 12.8 Å². The Labute approximate surface area is 141 Å². The maximum atomic E-state index is 13.4. The van der Waals surface area contributed by atoms with Gasteiger partial charge >= 0.3 is 0 Å². The van der Waals surface area contributed by atoms with E-state index >= 15 is 0 Å². The molecule has 0 bridgehead atoms. The topological polar surface area (TPSA) is 87.3 Å². The molecule has 122 valence electrons. The maximum Gasteiger partial charge on any atom is 0.257 e. The molecule has 0 aliphatic carbocycles. The summed E-state index contributed by atoms with van der Waals surface area (Å²) in [4.78, 5) is 13.1. The molecule has 0 fully saturated rings. The predicted octanol–water partition coefficient (Wildman–Crippen LogP) is 2.85. The Morgan fingerprint density at radius 2 is 1.70 bits per heavy atom. The number of hydrogen-bond donors (Lipinski definition) is 3. The largest absolute Gasteiger partial charge is 0.326 e. The lowest BCUT2D eigenvalue weighted by Crippen LogP contribution is -2.29. The predicted molar refractivity (Wildman–Crippen MR) is 88.8 cm³/mol. The van der Waals surface area contributed by atoms with E-state index in [9.17, 15) is 17.6 Å². The molecule has 2 aromatic carbocycles. The van der Waals surface area contributed by atoms with E-state index in [1.54, 1.807) is 0 Å². The molecular weight excluding hydrogens is 389 g/mol. The Balaban J connectivity index is 2.09. The summed E-state index contributed by atoms with van der Waals surface area (Å²) in [5.74, 6) is -0.772. The van der Waals surface area contributed by atoms with Crippen molar-refractivity contribution in [1.29, 1.82) is 0 Å². The molecular formula is C14H13BrFN3O3S. The number of sulfonamides is 1. The number of anilines is 2. The molecule has 3 N–H and O–H groups in total. The number of amides is 1. The van der Waals surface area contributed by atoms with Gasteiger partial charge < -0.3 is 10.7 Å². The lowest BCUT2D eigenvalue weighted by atomic mass is 10.3. The molecule has 0 atom stereocenters. The van der Waals surface area contributed by atoms with Crippen molar-refractivity contribution in [3.63, 3.8) is 0 Å². The van der Waals surface area contributed by atoms with Gasteiger partial charge in [0.15, 0.2) is 0 Å². The van der Waals surface area contributed by atoms with Crippen LogP contribution in [0.4, 0.5) is 15.8 Å². The van der Waals surface area contributed by atoms with Crippen LogP contribution in [0, 0.1) is 5.82 Å². The maximum absolute atomic E-state index is 13.4. The first kappa shape index (κ1) is 17.4. The minimum absolute atomic E-state index is 0.00307. The second-order valence-corrected chi connectivity index (χ2v) is 7.10. The van der Waals surface area contributed by atoms with Gasteiger partial charge in [0.05, 0.1) is 15.1 Å². The third kappa shape index (κ3) is 4.75. The zero-order chi connectivity index (χ0) is 17.0. The zero-order valence-corrected chi connectivity index (χ0v) is 14.3. The van der Waals surface area contributed by atoms with Crippen molar-refractivity contribution in [1.82, 2.24) is 4.83 Å². The van der Waals surface area contributed by atoms with Crippen LogP contribution in [0.2, 0.25) is 0 Å². The highest BCUT2D eigenvalue weighted by molar-refractivity contribution is 9.10. The number of carbonyl (C=O) groups excluding carboxylic acids is 1. The summed E-state index contributed by atoms with van der Waals surface area (Å²) >= 11 is 3.01. The van der Waals surface area contributed by atoms with Crippen LogP contribution < -0.4 is 15.6 Å². The van der Waals surface area contributed by atoms with Crippen LogP contribution in [0.5, 0.6) is 0 Å². The zero-order valence-electron chi connectivity index (χ0n) is 11.9. The average molecular weight is 402 g/mol. The molecule has 0 saturated carbocycles. The first-order chi connectivity index (χ1) is 10.8. The van der Waals surface area contributed by atoms with Crippen LogP contribution in [0.15, 0.2) is 51.8 Å². The molecule has 0 aliphatic rings. The fourth-order valence-electron chi connectivity index (χ4n) is 1.68. The van der Waals surface area contributed by atoms with E-state index in [1.807, 2.05) is 0 Å². The third-order valence-electron chi connectivity index (χ3n) is 2.73. The standard InChI is InChI=1S/C14H13BrFN3O3S/c1-9(20)17-10-2-5-12(6-3-10)23(21,22)19-18-11-4-7-13(15)14(16)8-11/h2-8,18-19H,1H3,(H,17,20). The molecule has 23 heavy (non-hydrogen) atoms. The van der Waals surface area contributed by atoms with Gasteiger partial charge in [-0.15, -0.1) is 4.83 Å². The Hall–Kier alpha value is -1.97. The molecule has 0 unspecified atom stereocenters. The van der Waals surface area contributed by atoms with E-state index in [4.69, 9.17) is 0 Å². The second-order valence-electron chi connectivity index (χ2n) is 4.56. The van der Waals surface area contributed by atoms with E-state index in [2.05, 4.69) is 31.5 Å². The fraction of sp³-hybridized carbons (Fsp3) is 0.0714. The number of halogens is 2. The summed E-state index contributed by atoms with van der Waals surface area (Å²) in [5.41, 5.74) is 3.17. The van der Waals surface area contributed by atoms with E-state index in [0.29, 0.717) is 5.69 Å². The average Bonchev–Trinajstić information content (AvgIpc) is 2.48. The summed E-state index contributed by atoms with van der Waals surface area (Å²) < 4.78 is 37.9. The van der Waals surface area contributed by atoms with Gasteiger partial charge in [-0.2, -0.15) is 0 Å². The van der Waals surface area contributed by atoms with Gasteiger partial charge in [0.1, 0.15) is 5.82 Å². The summed E-state index contributed by atoms with van der Waals surface area (Å²) in [6.07, 6.45) is 0. The van der Waals surface area contributed by atoms with Crippen LogP contribution in [0.1, 0.15) is 6.92 Å². The number of hydrogen-bond acceptors (Lipinski definition) is 4. The van der Waals surface area contributed by atoms with E-state index in [0.717, 1.165) is 6.07 Å². The molecule has 2 rings (SSSR count). The molecule has 0 aliphatic heterocycles. The minimum atomic E-state index is -3.83. The molecule has 0 heterocycles. The third-order valence-corrected chi connectivity index (χ3v) is 4.64. The van der Waals surface area contributed by atoms with Crippen molar-refractivity contribution < 1.29 is 17.6 Å². The fourth-order valence-corrected chi connectivity index (χ4v) is 2.79. The molecule has 0 radical (unpaired) electrons. The number of carbonyl (C=O) groups is 1. The lowest BCUT2D eigenvalue weighted by molar-refractivity contribution is -0.114. The van der Waals surface area contributed by atoms with Gasteiger partial charge in [-0.1, -0.05) is 0 Å². The monoisotopic (exact) mass is 401 g/mol. The Bertz CT molecular complexity index is 826. The van der Waals surface area contributed by atoms with Gasteiger partial charge in [-0.05, 0) is 58.4 Å². The van der Waals surface area contributed by atoms with E-state index < -0.39 is 15.8 Å². The quantitative estimate of drug-likeness (QED) is 0.672. The minimum Gasteiger partial charge on any atom is -0.326 e. The van der Waals surface area contributed by atoms with Crippen molar-refractivity contribution in [2.45, 2.75) is 11.8 Å². The van der Waals surface area contributed by atoms with Gasteiger partial charge in [0, 0.05) is 12.6 Å². The summed E-state index contributed by atoms with van der Waals surface area (Å²) in [6.45, 7) is 1.35. The second kappa shape index (κ2) is 7.07. The summed E-state index contributed by atoms with van der Waals surface area (Å²) in [5, 5.41) is 2.54. The van der Waals surface area contributed by atoms with Gasteiger partial charge in [0.25, 0.3) is 10.0 Å². The van der Waals surface area contributed by atoms with Crippen LogP contribution in [-0.4, -0.2) is 14.3 Å². The Morgan fingerprint density at radius 1 is 1.09 bits per heavy atom. The number of benzene rings is 2. The smallest absolute Gasteiger partial charge is 0.257 e. The number of hydrazine groups is 1. The Kier molecular flexibility index (Phi) is 5.34. The first-order valence-electron chi connectivity index (χ1n) is 6.38. The molecule has 2 aromatic rings. The molecule has 0 saturated heterocycles. The highest BCUT2D eigenvalue weighted by Gasteiger charge is 2.14. The van der Waals surface area contributed by atoms with Crippen LogP contribution in [-0.2, 0) is 14.8 Å². The van der Waals surface area contributed by atoms with Crippen molar-refractivity contribution >= 4 is 43.2 Å². The summed E-state index contributed by atoms with van der Waals surface area (Å²) in [7, 11) is -3.83. The van der Waals surface area contributed by atoms with Crippen molar-refractivity contribution in [2.24, 2.45) is 0 Å². The normalized spacial score (nSPS) is 11.1. The van der Waals surface area contributed by atoms with Crippen LogP contribution in [0.3, 0.4) is 0 Å². The van der Waals surface area contributed by atoms with Crippen LogP contribution >= 0.6 is 15.9 Å². The molecule has 0 aromatic heterocycles. The molecule has 6 nitrogen and oxygen atoms in total. The van der Waals surface area contributed by atoms with E-state index in [-0.39, 0.29) is 21.0 Å². The highest BCUT2D eigenvalue weighted by Crippen LogP contribution is 2.19. The lowest BCUT2D eigenvalue weighted by Gasteiger charge is -2.10. The SMILES string of the molecule is CC(=O)Nc1ccc(S(=O)(=O)NNc2ccc(Br)c(F)c2)cc1. The highest BCUT2D eigenvalue weighted by atomic mass is 79.9. The van der Waals surface area contributed by atoms with Gasteiger partial charge in [0.2, 0.25) is 5.91 Å². The molecule has 0 spiro atoms. The summed E-state index contributed by atoms with van der Waals surface area (Å²) in [6, 6.07) is 9.73. The molecule has 1 amide bonds. The van der Waals surface area contributed by atoms with Crippen molar-refractivity contribution in [3.05, 3.63) is 52.8 Å². The number of nitrogens with one attached hydrogen (secondary N) is 3. The van der Waals surface area contributed by atoms with Crippen molar-refractivity contribution in [2.75, 3.05) is 10.7 Å².